The Bertz CT molecular complexity index is 249. The normalized spacial score (nSPS) is 26.3. The maximum absolute atomic E-state index is 11.6. The van der Waals surface area contributed by atoms with Crippen LogP contribution in [0.1, 0.15) is 33.6 Å². The van der Waals surface area contributed by atoms with Gasteiger partial charge < -0.3 is 5.32 Å². The van der Waals surface area contributed by atoms with Crippen molar-refractivity contribution in [3.05, 3.63) is 0 Å². The first kappa shape index (κ1) is 10.1. The number of carbonyl (C=O) groups excluding carboxylic acids is 1. The number of hydrogen-bond acceptors (Lipinski definition) is 1. The number of carbonyl (C=O) groups is 1. The molecule has 0 saturated heterocycles. The van der Waals surface area contributed by atoms with Crippen LogP contribution in [0.2, 0.25) is 0 Å². The smallest absolute Gasteiger partial charge is 0.226 e. The second-order valence-electron chi connectivity index (χ2n) is 4.56. The molecule has 0 aromatic carbocycles. The number of rotatable bonds is 3. The molecule has 1 N–H and O–H groups in total. The van der Waals surface area contributed by atoms with Gasteiger partial charge in [0.05, 0.1) is 5.41 Å². The van der Waals surface area contributed by atoms with E-state index >= 15 is 0 Å². The number of hydrogen-bond donors (Lipinski definition) is 1. The van der Waals surface area contributed by atoms with Gasteiger partial charge >= 0.3 is 0 Å². The lowest BCUT2D eigenvalue weighted by molar-refractivity contribution is -0.129. The predicted octanol–water partition coefficient (Wildman–Crippen LogP) is 1.56. The van der Waals surface area contributed by atoms with Crippen molar-refractivity contribution in [3.8, 4) is 12.3 Å². The average molecular weight is 179 g/mol. The number of terminal acetylenes is 1. The molecule has 1 rings (SSSR count). The van der Waals surface area contributed by atoms with Crippen molar-refractivity contribution in [1.82, 2.24) is 5.32 Å². The Morgan fingerprint density at radius 2 is 2.23 bits per heavy atom. The van der Waals surface area contributed by atoms with Gasteiger partial charge in [0.2, 0.25) is 5.91 Å². The van der Waals surface area contributed by atoms with Crippen LogP contribution in [0.5, 0.6) is 0 Å². The molecule has 0 heterocycles. The minimum absolute atomic E-state index is 0.0831. The molecule has 0 aromatic rings. The van der Waals surface area contributed by atoms with E-state index in [1.165, 1.54) is 0 Å². The summed E-state index contributed by atoms with van der Waals surface area (Å²) >= 11 is 0. The van der Waals surface area contributed by atoms with Crippen molar-refractivity contribution < 1.29 is 4.79 Å². The third-order valence-corrected chi connectivity index (χ3v) is 2.58. The first-order valence-electron chi connectivity index (χ1n) is 4.72. The fraction of sp³-hybridized carbons (Fsp3) is 0.727. The summed E-state index contributed by atoms with van der Waals surface area (Å²) in [6.45, 7) is 5.91. The minimum atomic E-state index is -0.420. The second kappa shape index (κ2) is 3.41. The third kappa shape index (κ3) is 2.48. The first-order valence-corrected chi connectivity index (χ1v) is 4.72. The van der Waals surface area contributed by atoms with Crippen LogP contribution in [0.15, 0.2) is 0 Å². The highest BCUT2D eigenvalue weighted by Crippen LogP contribution is 2.30. The van der Waals surface area contributed by atoms with Crippen molar-refractivity contribution in [2.75, 3.05) is 0 Å². The largest absolute Gasteiger partial charge is 0.353 e. The summed E-state index contributed by atoms with van der Waals surface area (Å²) in [7, 11) is 0. The van der Waals surface area contributed by atoms with Crippen molar-refractivity contribution in [2.45, 2.75) is 39.7 Å². The molecule has 0 radical (unpaired) electrons. The molecule has 1 fully saturated rings. The SMILES string of the molecule is C#CCC(C)(C)C(=O)N[C@@H]1C[C@H]1C. The Balaban J connectivity index is 2.42. The van der Waals surface area contributed by atoms with E-state index in [0.717, 1.165) is 6.42 Å². The van der Waals surface area contributed by atoms with Crippen LogP contribution in [0.4, 0.5) is 0 Å². The molecule has 0 unspecified atom stereocenters. The molecule has 1 aliphatic rings. The summed E-state index contributed by atoms with van der Waals surface area (Å²) < 4.78 is 0. The standard InChI is InChI=1S/C11H17NO/c1-5-6-11(3,4)10(13)12-9-7-8(9)2/h1,8-9H,6-7H2,2-4H3,(H,12,13)/t8-,9-/m1/s1. The first-order chi connectivity index (χ1) is 5.97. The van der Waals surface area contributed by atoms with E-state index in [1.54, 1.807) is 0 Å². The summed E-state index contributed by atoms with van der Waals surface area (Å²) in [5.74, 6) is 3.26. The zero-order valence-corrected chi connectivity index (χ0v) is 8.55. The monoisotopic (exact) mass is 179 g/mol. The summed E-state index contributed by atoms with van der Waals surface area (Å²) in [4.78, 5) is 11.6. The predicted molar refractivity (Wildman–Crippen MR) is 52.9 cm³/mol. The van der Waals surface area contributed by atoms with E-state index in [0.29, 0.717) is 18.4 Å². The zero-order valence-electron chi connectivity index (χ0n) is 8.55. The topological polar surface area (TPSA) is 29.1 Å². The molecule has 2 heteroatoms. The van der Waals surface area contributed by atoms with Crippen LogP contribution in [0, 0.1) is 23.7 Å². The van der Waals surface area contributed by atoms with Gasteiger partial charge in [0.25, 0.3) is 0 Å². The maximum atomic E-state index is 11.6. The molecule has 1 amide bonds. The van der Waals surface area contributed by atoms with Crippen molar-refractivity contribution in [1.29, 1.82) is 0 Å². The summed E-state index contributed by atoms with van der Waals surface area (Å²) in [6, 6.07) is 0.393. The Morgan fingerprint density at radius 1 is 1.69 bits per heavy atom. The molecule has 0 aromatic heterocycles. The van der Waals surface area contributed by atoms with E-state index in [9.17, 15) is 4.79 Å². The van der Waals surface area contributed by atoms with E-state index in [2.05, 4.69) is 18.2 Å². The molecule has 0 aliphatic heterocycles. The van der Waals surface area contributed by atoms with Gasteiger partial charge in [-0.1, -0.05) is 20.8 Å². The molecule has 13 heavy (non-hydrogen) atoms. The van der Waals surface area contributed by atoms with Gasteiger partial charge in [0.1, 0.15) is 0 Å². The van der Waals surface area contributed by atoms with E-state index < -0.39 is 5.41 Å². The van der Waals surface area contributed by atoms with E-state index in [4.69, 9.17) is 6.42 Å². The molecular weight excluding hydrogens is 162 g/mol. The Morgan fingerprint density at radius 3 is 2.62 bits per heavy atom. The molecule has 0 spiro atoms. The lowest BCUT2D eigenvalue weighted by Gasteiger charge is -2.20. The molecule has 1 saturated carbocycles. The highest BCUT2D eigenvalue weighted by Gasteiger charge is 2.37. The van der Waals surface area contributed by atoms with Crippen molar-refractivity contribution in [2.24, 2.45) is 11.3 Å². The average Bonchev–Trinajstić information content (AvgIpc) is 2.66. The highest BCUT2D eigenvalue weighted by molar-refractivity contribution is 5.82. The quantitative estimate of drug-likeness (QED) is 0.654. The molecule has 1 aliphatic carbocycles. The van der Waals surface area contributed by atoms with Crippen molar-refractivity contribution >= 4 is 5.91 Å². The van der Waals surface area contributed by atoms with Crippen LogP contribution in [-0.4, -0.2) is 11.9 Å². The van der Waals surface area contributed by atoms with Gasteiger partial charge in [-0.05, 0) is 12.3 Å². The fourth-order valence-electron chi connectivity index (χ4n) is 1.22. The molecule has 0 bridgehead atoms. The Labute approximate surface area is 80.1 Å². The number of amides is 1. The number of nitrogens with one attached hydrogen (secondary N) is 1. The second-order valence-corrected chi connectivity index (χ2v) is 4.56. The minimum Gasteiger partial charge on any atom is -0.353 e. The van der Waals surface area contributed by atoms with Gasteiger partial charge in [-0.25, -0.2) is 0 Å². The van der Waals surface area contributed by atoms with Gasteiger partial charge in [-0.2, -0.15) is 0 Å². The maximum Gasteiger partial charge on any atom is 0.226 e. The summed E-state index contributed by atoms with van der Waals surface area (Å²) in [5, 5.41) is 2.99. The molecule has 2 atom stereocenters. The molecule has 72 valence electrons. The van der Waals surface area contributed by atoms with Gasteiger partial charge in [0.15, 0.2) is 0 Å². The third-order valence-electron chi connectivity index (χ3n) is 2.58. The van der Waals surface area contributed by atoms with Gasteiger partial charge in [-0.3, -0.25) is 4.79 Å². The van der Waals surface area contributed by atoms with E-state index in [-0.39, 0.29) is 5.91 Å². The Kier molecular flexibility index (Phi) is 2.66. The van der Waals surface area contributed by atoms with Crippen LogP contribution >= 0.6 is 0 Å². The van der Waals surface area contributed by atoms with Crippen LogP contribution in [0.25, 0.3) is 0 Å². The van der Waals surface area contributed by atoms with Crippen LogP contribution in [0.3, 0.4) is 0 Å². The Hall–Kier alpha value is -0.970. The lowest BCUT2D eigenvalue weighted by atomic mass is 9.88. The summed E-state index contributed by atoms with van der Waals surface area (Å²) in [5.41, 5.74) is -0.420. The van der Waals surface area contributed by atoms with Gasteiger partial charge in [0, 0.05) is 12.5 Å². The zero-order chi connectivity index (χ0) is 10.1. The fourth-order valence-corrected chi connectivity index (χ4v) is 1.22. The highest BCUT2D eigenvalue weighted by atomic mass is 16.2. The van der Waals surface area contributed by atoms with Crippen LogP contribution < -0.4 is 5.32 Å². The van der Waals surface area contributed by atoms with Crippen molar-refractivity contribution in [3.63, 3.8) is 0 Å². The van der Waals surface area contributed by atoms with E-state index in [1.807, 2.05) is 13.8 Å². The molecule has 2 nitrogen and oxygen atoms in total. The van der Waals surface area contributed by atoms with Gasteiger partial charge in [-0.15, -0.1) is 12.3 Å². The molecular formula is C11H17NO. The van der Waals surface area contributed by atoms with Crippen LogP contribution in [-0.2, 0) is 4.79 Å². The lowest BCUT2D eigenvalue weighted by Crippen LogP contribution is -2.38. The summed E-state index contributed by atoms with van der Waals surface area (Å²) in [6.07, 6.45) is 6.81.